The average molecular weight is 263 g/mol. The Kier molecular flexibility index (Phi) is 7.33. The monoisotopic (exact) mass is 263 g/mol. The first-order valence-electron chi connectivity index (χ1n) is 6.38. The van der Waals surface area contributed by atoms with E-state index >= 15 is 0 Å². The highest BCUT2D eigenvalue weighted by molar-refractivity contribution is 7.88. The van der Waals surface area contributed by atoms with Crippen LogP contribution in [-0.2, 0) is 10.0 Å². The first-order valence-corrected chi connectivity index (χ1v) is 8.23. The third-order valence-corrected chi connectivity index (χ3v) is 4.96. The number of hydrogen-bond donors (Lipinski definition) is 0. The summed E-state index contributed by atoms with van der Waals surface area (Å²) in [5.41, 5.74) is 0. The van der Waals surface area contributed by atoms with E-state index in [0.717, 1.165) is 18.8 Å². The number of rotatable bonds is 1. The van der Waals surface area contributed by atoms with Crippen LogP contribution in [0.2, 0.25) is 0 Å². The lowest BCUT2D eigenvalue weighted by atomic mass is 10.2. The molecule has 0 aromatic heterocycles. The molecular formula is C13H29NO2S. The van der Waals surface area contributed by atoms with E-state index < -0.39 is 10.0 Å². The molecule has 3 nitrogen and oxygen atoms in total. The van der Waals surface area contributed by atoms with Crippen molar-refractivity contribution in [3.63, 3.8) is 0 Å². The van der Waals surface area contributed by atoms with E-state index in [1.165, 1.54) is 31.9 Å². The van der Waals surface area contributed by atoms with Crippen molar-refractivity contribution in [3.8, 4) is 0 Å². The van der Waals surface area contributed by atoms with Gasteiger partial charge in [-0.05, 0) is 25.7 Å². The summed E-state index contributed by atoms with van der Waals surface area (Å²) < 4.78 is 23.5. The Morgan fingerprint density at radius 2 is 1.53 bits per heavy atom. The van der Waals surface area contributed by atoms with Crippen molar-refractivity contribution in [3.05, 3.63) is 0 Å². The summed E-state index contributed by atoms with van der Waals surface area (Å²) in [6.45, 7) is 5.00. The smallest absolute Gasteiger partial charge is 0.211 e. The Morgan fingerprint density at radius 1 is 1.00 bits per heavy atom. The van der Waals surface area contributed by atoms with Gasteiger partial charge in [0.25, 0.3) is 0 Å². The van der Waals surface area contributed by atoms with Gasteiger partial charge in [0.05, 0.1) is 6.26 Å². The second-order valence-corrected chi connectivity index (χ2v) is 7.19. The maximum Gasteiger partial charge on any atom is 0.211 e. The molecule has 17 heavy (non-hydrogen) atoms. The molecule has 4 heteroatoms. The van der Waals surface area contributed by atoms with Gasteiger partial charge in [0.2, 0.25) is 10.0 Å². The van der Waals surface area contributed by atoms with E-state index in [9.17, 15) is 8.42 Å². The third kappa shape index (κ3) is 5.87. The summed E-state index contributed by atoms with van der Waals surface area (Å²) in [7, 11) is -2.92. The first kappa shape index (κ1) is 16.9. The van der Waals surface area contributed by atoms with E-state index in [2.05, 4.69) is 6.92 Å². The predicted molar refractivity (Wildman–Crippen MR) is 74.6 cm³/mol. The lowest BCUT2D eigenvalue weighted by molar-refractivity contribution is 0.412. The highest BCUT2D eigenvalue weighted by atomic mass is 32.2. The molecule has 0 spiro atoms. The molecule has 2 fully saturated rings. The Morgan fingerprint density at radius 3 is 1.71 bits per heavy atom. The molecule has 0 bridgehead atoms. The molecule has 1 saturated carbocycles. The van der Waals surface area contributed by atoms with Crippen LogP contribution < -0.4 is 0 Å². The van der Waals surface area contributed by atoms with Gasteiger partial charge in [0.1, 0.15) is 0 Å². The van der Waals surface area contributed by atoms with Crippen LogP contribution in [0.4, 0.5) is 0 Å². The standard InChI is InChI=1S/C6H13NO2S.C6H12.CH4/c1-6-4-3-5-7(6)10(2,8)9;1-6-4-2-3-5-6;/h6H,3-5H2,1-2H3;6H,2-5H2,1H3;1H4. The zero-order valence-corrected chi connectivity index (χ0v) is 11.6. The summed E-state index contributed by atoms with van der Waals surface area (Å²) in [6, 6.07) is 0.218. The Hall–Kier alpha value is -0.0900. The van der Waals surface area contributed by atoms with Crippen molar-refractivity contribution in [1.82, 2.24) is 4.31 Å². The summed E-state index contributed by atoms with van der Waals surface area (Å²) in [5.74, 6) is 1.05. The van der Waals surface area contributed by atoms with Gasteiger partial charge in [-0.15, -0.1) is 0 Å². The zero-order chi connectivity index (χ0) is 12.2. The third-order valence-electron chi connectivity index (χ3n) is 3.56. The van der Waals surface area contributed by atoms with Gasteiger partial charge in [-0.3, -0.25) is 0 Å². The van der Waals surface area contributed by atoms with Crippen molar-refractivity contribution < 1.29 is 8.42 Å². The highest BCUT2D eigenvalue weighted by Gasteiger charge is 2.27. The summed E-state index contributed by atoms with van der Waals surface area (Å²) in [6.07, 6.45) is 9.23. The molecule has 1 saturated heterocycles. The molecule has 104 valence electrons. The normalized spacial score (nSPS) is 26.2. The maximum atomic E-state index is 11.0. The van der Waals surface area contributed by atoms with Gasteiger partial charge in [-0.25, -0.2) is 8.42 Å². The van der Waals surface area contributed by atoms with E-state index in [1.54, 1.807) is 4.31 Å². The fourth-order valence-electron chi connectivity index (χ4n) is 2.53. The minimum absolute atomic E-state index is 0. The van der Waals surface area contributed by atoms with Gasteiger partial charge in [-0.1, -0.05) is 40.0 Å². The van der Waals surface area contributed by atoms with Crippen LogP contribution in [0.5, 0.6) is 0 Å². The molecule has 2 rings (SSSR count). The Balaban J connectivity index is 0.000000316. The number of nitrogens with zero attached hydrogens (tertiary/aromatic N) is 1. The van der Waals surface area contributed by atoms with E-state index in [1.807, 2.05) is 6.92 Å². The molecule has 1 atom stereocenters. The Labute approximate surface area is 108 Å². The van der Waals surface area contributed by atoms with Crippen molar-refractivity contribution in [2.75, 3.05) is 12.8 Å². The van der Waals surface area contributed by atoms with Gasteiger partial charge in [-0.2, -0.15) is 4.31 Å². The van der Waals surface area contributed by atoms with Gasteiger partial charge >= 0.3 is 0 Å². The first-order chi connectivity index (χ1) is 7.41. The fourth-order valence-corrected chi connectivity index (χ4v) is 3.75. The molecule has 1 heterocycles. The molecule has 0 radical (unpaired) electrons. The lowest BCUT2D eigenvalue weighted by Crippen LogP contribution is -2.32. The van der Waals surface area contributed by atoms with Crippen LogP contribution in [0.3, 0.4) is 0 Å². The van der Waals surface area contributed by atoms with Crippen LogP contribution in [0.15, 0.2) is 0 Å². The summed E-state index contributed by atoms with van der Waals surface area (Å²) in [5, 5.41) is 0. The number of sulfonamides is 1. The molecule has 2 aliphatic rings. The second kappa shape index (κ2) is 7.37. The lowest BCUT2D eigenvalue weighted by Gasteiger charge is -2.17. The quantitative estimate of drug-likeness (QED) is 0.728. The molecule has 1 aliphatic heterocycles. The Bertz CT molecular complexity index is 295. The molecule has 1 aliphatic carbocycles. The minimum atomic E-state index is -2.92. The second-order valence-electron chi connectivity index (χ2n) is 5.25. The van der Waals surface area contributed by atoms with Crippen molar-refractivity contribution in [1.29, 1.82) is 0 Å². The van der Waals surface area contributed by atoms with Gasteiger partial charge in [0.15, 0.2) is 0 Å². The predicted octanol–water partition coefficient (Wildman–Crippen LogP) is 3.26. The van der Waals surface area contributed by atoms with Crippen molar-refractivity contribution in [2.24, 2.45) is 5.92 Å². The zero-order valence-electron chi connectivity index (χ0n) is 10.8. The van der Waals surface area contributed by atoms with E-state index in [0.29, 0.717) is 6.54 Å². The topological polar surface area (TPSA) is 37.4 Å². The van der Waals surface area contributed by atoms with Crippen LogP contribution in [0, 0.1) is 5.92 Å². The van der Waals surface area contributed by atoms with Crippen LogP contribution >= 0.6 is 0 Å². The fraction of sp³-hybridized carbons (Fsp3) is 1.00. The maximum absolute atomic E-state index is 11.0. The van der Waals surface area contributed by atoms with E-state index in [-0.39, 0.29) is 13.5 Å². The van der Waals surface area contributed by atoms with E-state index in [4.69, 9.17) is 0 Å². The van der Waals surface area contributed by atoms with Gasteiger partial charge < -0.3 is 0 Å². The summed E-state index contributed by atoms with van der Waals surface area (Å²) in [4.78, 5) is 0. The highest BCUT2D eigenvalue weighted by Crippen LogP contribution is 2.23. The average Bonchev–Trinajstić information content (AvgIpc) is 2.75. The van der Waals surface area contributed by atoms with Crippen LogP contribution in [0.1, 0.15) is 59.8 Å². The molecule has 0 amide bonds. The minimum Gasteiger partial charge on any atom is -0.212 e. The molecular weight excluding hydrogens is 234 g/mol. The summed E-state index contributed by atoms with van der Waals surface area (Å²) >= 11 is 0. The van der Waals surface area contributed by atoms with Crippen molar-refractivity contribution in [2.45, 2.75) is 65.8 Å². The number of hydrogen-bond acceptors (Lipinski definition) is 2. The molecule has 0 aromatic rings. The largest absolute Gasteiger partial charge is 0.212 e. The van der Waals surface area contributed by atoms with Gasteiger partial charge in [0, 0.05) is 12.6 Å². The van der Waals surface area contributed by atoms with Crippen molar-refractivity contribution >= 4 is 10.0 Å². The molecule has 0 N–H and O–H groups in total. The molecule has 1 unspecified atom stereocenters. The SMILES string of the molecule is C.CC1CCCC1.CC1CCCN1S(C)(=O)=O. The van der Waals surface area contributed by atoms with Crippen LogP contribution in [0.25, 0.3) is 0 Å². The van der Waals surface area contributed by atoms with Crippen LogP contribution in [-0.4, -0.2) is 31.6 Å². The molecule has 0 aromatic carbocycles.